The van der Waals surface area contributed by atoms with Crippen LogP contribution < -0.4 is 0 Å². The maximum absolute atomic E-state index is 13.7. The molecule has 1 amide bonds. The lowest BCUT2D eigenvalue weighted by Crippen LogP contribution is -2.40. The van der Waals surface area contributed by atoms with Crippen LogP contribution in [0.15, 0.2) is 42.5 Å². The van der Waals surface area contributed by atoms with E-state index in [0.29, 0.717) is 30.8 Å². The Morgan fingerprint density at radius 3 is 1.89 bits per heavy atom. The van der Waals surface area contributed by atoms with Crippen LogP contribution in [-0.2, 0) is 17.1 Å². The Morgan fingerprint density at radius 2 is 1.43 bits per heavy atom. The van der Waals surface area contributed by atoms with Gasteiger partial charge in [0.1, 0.15) is 12.0 Å². The minimum Gasteiger partial charge on any atom is -0.339 e. The third-order valence-corrected chi connectivity index (χ3v) is 6.59. The molecule has 0 aromatic heterocycles. The first kappa shape index (κ1) is 30.8. The van der Waals surface area contributed by atoms with Crippen LogP contribution in [0.2, 0.25) is 0 Å². The number of hydrogen-bond donors (Lipinski definition) is 0. The van der Waals surface area contributed by atoms with Gasteiger partial charge >= 0.3 is 12.4 Å². The van der Waals surface area contributed by atoms with Crippen molar-refractivity contribution in [2.45, 2.75) is 56.8 Å². The first-order valence-corrected chi connectivity index (χ1v) is 11.4. The quantitative estimate of drug-likeness (QED) is 0.346. The molecular formula is C25H27ClF8N2O. The predicted octanol–water partition coefficient (Wildman–Crippen LogP) is 7.37. The molecule has 206 valence electrons. The van der Waals surface area contributed by atoms with E-state index in [0.717, 1.165) is 4.90 Å². The molecule has 0 bridgehead atoms. The number of hydrogen-bond acceptors (Lipinski definition) is 2. The van der Waals surface area contributed by atoms with Crippen molar-refractivity contribution >= 4 is 18.3 Å². The van der Waals surface area contributed by atoms with Gasteiger partial charge in [-0.2, -0.15) is 26.3 Å². The summed E-state index contributed by atoms with van der Waals surface area (Å²) in [7, 11) is 1.30. The molecule has 1 saturated heterocycles. The van der Waals surface area contributed by atoms with Crippen molar-refractivity contribution in [3.05, 3.63) is 70.5 Å². The second-order valence-corrected chi connectivity index (χ2v) is 9.00. The number of halogens is 9. The summed E-state index contributed by atoms with van der Waals surface area (Å²) in [5.74, 6) is -1.02. The Hall–Kier alpha value is -2.40. The van der Waals surface area contributed by atoms with Crippen LogP contribution >= 0.6 is 12.4 Å². The second-order valence-electron chi connectivity index (χ2n) is 9.00. The molecule has 0 aliphatic carbocycles. The summed E-state index contributed by atoms with van der Waals surface area (Å²) in [6.07, 6.45) is -10.7. The molecule has 1 fully saturated rings. The summed E-state index contributed by atoms with van der Waals surface area (Å²) in [4.78, 5) is 16.2. The van der Waals surface area contributed by atoms with E-state index >= 15 is 0 Å². The molecule has 3 nitrogen and oxygen atoms in total. The van der Waals surface area contributed by atoms with Crippen LogP contribution in [0.5, 0.6) is 0 Å². The molecule has 0 radical (unpaired) electrons. The van der Waals surface area contributed by atoms with E-state index in [-0.39, 0.29) is 43.3 Å². The molecule has 0 saturated carbocycles. The average Bonchev–Trinajstić information content (AvgIpc) is 2.81. The maximum Gasteiger partial charge on any atom is 0.416 e. The van der Waals surface area contributed by atoms with Gasteiger partial charge in [-0.3, -0.25) is 9.69 Å². The van der Waals surface area contributed by atoms with Crippen molar-refractivity contribution in [3.63, 3.8) is 0 Å². The molecule has 0 spiro atoms. The van der Waals surface area contributed by atoms with Gasteiger partial charge in [0, 0.05) is 32.6 Å². The van der Waals surface area contributed by atoms with Gasteiger partial charge in [-0.05, 0) is 61.2 Å². The summed E-state index contributed by atoms with van der Waals surface area (Å²) in [6, 6.07) is 5.03. The van der Waals surface area contributed by atoms with Crippen molar-refractivity contribution in [2.75, 3.05) is 20.1 Å². The van der Waals surface area contributed by atoms with Crippen molar-refractivity contribution in [2.24, 2.45) is 0 Å². The van der Waals surface area contributed by atoms with Crippen LogP contribution in [0.3, 0.4) is 0 Å². The number of carbonyl (C=O) groups is 1. The highest BCUT2D eigenvalue weighted by molar-refractivity contribution is 5.85. The lowest BCUT2D eigenvalue weighted by Gasteiger charge is -2.37. The first-order chi connectivity index (χ1) is 16.7. The molecule has 3 rings (SSSR count). The van der Waals surface area contributed by atoms with Crippen molar-refractivity contribution in [3.8, 4) is 0 Å². The molecule has 12 heteroatoms. The van der Waals surface area contributed by atoms with Crippen LogP contribution in [0, 0.1) is 5.82 Å². The number of carbonyl (C=O) groups excluding carboxylic acids is 1. The molecule has 1 aliphatic rings. The predicted molar refractivity (Wildman–Crippen MR) is 124 cm³/mol. The number of benzene rings is 2. The Balaban J connectivity index is 0.00000481. The number of amides is 1. The number of alkyl halides is 7. The fraction of sp³-hybridized carbons (Fsp3) is 0.480. The number of nitrogens with zero attached hydrogens (tertiary/aromatic N) is 2. The molecule has 37 heavy (non-hydrogen) atoms. The first-order valence-electron chi connectivity index (χ1n) is 11.4. The fourth-order valence-electron chi connectivity index (χ4n) is 4.29. The highest BCUT2D eigenvalue weighted by Crippen LogP contribution is 2.38. The van der Waals surface area contributed by atoms with E-state index in [4.69, 9.17) is 0 Å². The Morgan fingerprint density at radius 1 is 0.946 bits per heavy atom. The molecular weight excluding hydrogens is 532 g/mol. The van der Waals surface area contributed by atoms with Crippen LogP contribution in [0.1, 0.15) is 60.5 Å². The molecule has 1 heterocycles. The van der Waals surface area contributed by atoms with E-state index in [1.807, 2.05) is 4.90 Å². The van der Waals surface area contributed by atoms with Crippen LogP contribution in [-0.4, -0.2) is 42.0 Å². The van der Waals surface area contributed by atoms with Gasteiger partial charge in [-0.25, -0.2) is 8.78 Å². The maximum atomic E-state index is 13.7. The monoisotopic (exact) mass is 558 g/mol. The summed E-state index contributed by atoms with van der Waals surface area (Å²) >= 11 is 0. The number of likely N-dealkylation sites (tertiary alicyclic amines) is 1. The minimum absolute atomic E-state index is 0. The second kappa shape index (κ2) is 12.0. The zero-order chi connectivity index (χ0) is 26.8. The topological polar surface area (TPSA) is 23.6 Å². The molecule has 2 aromatic rings. The summed E-state index contributed by atoms with van der Waals surface area (Å²) in [5, 5.41) is 0. The summed E-state index contributed by atoms with van der Waals surface area (Å²) in [6.45, 7) is 2.03. The van der Waals surface area contributed by atoms with Crippen LogP contribution in [0.4, 0.5) is 35.1 Å². The Kier molecular flexibility index (Phi) is 9.98. The molecule has 0 N–H and O–H groups in total. The standard InChI is InChI=1S/C25H26F8N2O.ClH/c1-15(17-11-18(24(28,29)30)13-19(12-17)25(31,32)33)34(2)23(36)14-22(16-3-5-20(26)6-4-16)35-9-7-21(27)8-10-35;/h3-6,11-13,15,21-22H,7-10,14H2,1-2H3;1H/t15-,22?;/m0./s1. The fourth-order valence-corrected chi connectivity index (χ4v) is 4.29. The zero-order valence-electron chi connectivity index (χ0n) is 20.0. The van der Waals surface area contributed by atoms with Gasteiger partial charge in [0.25, 0.3) is 0 Å². The van der Waals surface area contributed by atoms with E-state index in [9.17, 15) is 39.9 Å². The van der Waals surface area contributed by atoms with Gasteiger partial charge in [-0.15, -0.1) is 12.4 Å². The van der Waals surface area contributed by atoms with Crippen LogP contribution in [0.25, 0.3) is 0 Å². The van der Waals surface area contributed by atoms with Gasteiger partial charge in [0.2, 0.25) is 5.91 Å². The van der Waals surface area contributed by atoms with Gasteiger partial charge < -0.3 is 4.90 Å². The third kappa shape index (κ3) is 7.80. The third-order valence-electron chi connectivity index (χ3n) is 6.59. The summed E-state index contributed by atoms with van der Waals surface area (Å²) < 4.78 is 107. The average molecular weight is 559 g/mol. The lowest BCUT2D eigenvalue weighted by atomic mass is 9.96. The van der Waals surface area contributed by atoms with E-state index in [2.05, 4.69) is 0 Å². The zero-order valence-corrected chi connectivity index (χ0v) is 20.9. The smallest absolute Gasteiger partial charge is 0.339 e. The highest BCUT2D eigenvalue weighted by atomic mass is 35.5. The molecule has 2 aromatic carbocycles. The highest BCUT2D eigenvalue weighted by Gasteiger charge is 2.38. The van der Waals surface area contributed by atoms with E-state index in [1.165, 1.54) is 38.2 Å². The van der Waals surface area contributed by atoms with Crippen molar-refractivity contribution in [1.82, 2.24) is 9.80 Å². The largest absolute Gasteiger partial charge is 0.416 e. The van der Waals surface area contributed by atoms with Gasteiger partial charge in [-0.1, -0.05) is 12.1 Å². The Labute approximate surface area is 215 Å². The van der Waals surface area contributed by atoms with Crippen molar-refractivity contribution < 1.29 is 39.9 Å². The number of rotatable bonds is 6. The molecule has 1 aliphatic heterocycles. The molecule has 2 atom stereocenters. The normalized spacial score (nSPS) is 17.1. The molecule has 1 unspecified atom stereocenters. The minimum atomic E-state index is -5.01. The van der Waals surface area contributed by atoms with Gasteiger partial charge in [0.05, 0.1) is 17.2 Å². The lowest BCUT2D eigenvalue weighted by molar-refractivity contribution is -0.143. The van der Waals surface area contributed by atoms with Gasteiger partial charge in [0.15, 0.2) is 0 Å². The van der Waals surface area contributed by atoms with E-state index in [1.54, 1.807) is 0 Å². The Bertz CT molecular complexity index is 1020. The summed E-state index contributed by atoms with van der Waals surface area (Å²) in [5.41, 5.74) is -2.64. The van der Waals surface area contributed by atoms with Crippen molar-refractivity contribution in [1.29, 1.82) is 0 Å². The number of piperidine rings is 1. The SMILES string of the molecule is C[C@@H](c1cc(C(F)(F)F)cc(C(F)(F)F)c1)N(C)C(=O)CC(c1ccc(F)cc1)N1CCC(F)CC1.Cl. The van der Waals surface area contributed by atoms with E-state index < -0.39 is 53.5 Å².